The number of rotatable bonds is 7. The van der Waals surface area contributed by atoms with Crippen molar-refractivity contribution in [1.82, 2.24) is 15.1 Å². The van der Waals surface area contributed by atoms with Crippen LogP contribution in [0.1, 0.15) is 51.8 Å². The molecule has 1 aromatic heterocycles. The van der Waals surface area contributed by atoms with Crippen LogP contribution in [0.4, 0.5) is 0 Å². The first kappa shape index (κ1) is 14.2. The molecular weight excluding hydrogens is 210 g/mol. The Morgan fingerprint density at radius 2 is 1.94 bits per heavy atom. The van der Waals surface area contributed by atoms with Crippen LogP contribution in [0.2, 0.25) is 0 Å². The van der Waals surface area contributed by atoms with Crippen molar-refractivity contribution in [2.45, 2.75) is 66.6 Å². The predicted octanol–water partition coefficient (Wildman–Crippen LogP) is 3.13. The maximum absolute atomic E-state index is 4.60. The van der Waals surface area contributed by atoms with Gasteiger partial charge in [-0.1, -0.05) is 40.5 Å². The maximum Gasteiger partial charge on any atom is 0.0638 e. The summed E-state index contributed by atoms with van der Waals surface area (Å²) in [6.07, 6.45) is 4.66. The van der Waals surface area contributed by atoms with E-state index >= 15 is 0 Å². The second-order valence-electron chi connectivity index (χ2n) is 5.18. The average Bonchev–Trinajstić information content (AvgIpc) is 2.64. The van der Waals surface area contributed by atoms with Gasteiger partial charge in [-0.05, 0) is 12.8 Å². The van der Waals surface area contributed by atoms with Gasteiger partial charge in [0.2, 0.25) is 0 Å². The first-order valence-corrected chi connectivity index (χ1v) is 6.83. The van der Waals surface area contributed by atoms with E-state index in [9.17, 15) is 0 Å². The fraction of sp³-hybridized carbons (Fsp3) is 0.786. The van der Waals surface area contributed by atoms with Crippen LogP contribution < -0.4 is 5.32 Å². The minimum Gasteiger partial charge on any atom is -0.310 e. The Kier molecular flexibility index (Phi) is 5.69. The van der Waals surface area contributed by atoms with Crippen LogP contribution in [0.5, 0.6) is 0 Å². The predicted molar refractivity (Wildman–Crippen MR) is 73.0 cm³/mol. The number of aryl methyl sites for hydroxylation is 1. The Morgan fingerprint density at radius 3 is 2.47 bits per heavy atom. The number of hydrogen-bond donors (Lipinski definition) is 1. The molecule has 0 atom stereocenters. The quantitative estimate of drug-likeness (QED) is 0.789. The molecular formula is C14H27N3. The molecule has 0 aliphatic carbocycles. The molecule has 0 aliphatic rings. The second kappa shape index (κ2) is 6.80. The SMILES string of the molecule is CCC(CC)Cn1cc(CNC(C)C)c(C)n1. The van der Waals surface area contributed by atoms with Crippen LogP contribution in [0, 0.1) is 12.8 Å². The van der Waals surface area contributed by atoms with Gasteiger partial charge in [-0.2, -0.15) is 5.10 Å². The Hall–Kier alpha value is -0.830. The first-order chi connectivity index (χ1) is 8.06. The lowest BCUT2D eigenvalue weighted by Crippen LogP contribution is -2.21. The smallest absolute Gasteiger partial charge is 0.0638 e. The van der Waals surface area contributed by atoms with E-state index in [0.717, 1.165) is 24.7 Å². The zero-order valence-corrected chi connectivity index (χ0v) is 12.0. The third kappa shape index (κ3) is 4.50. The van der Waals surface area contributed by atoms with E-state index in [1.54, 1.807) is 0 Å². The summed E-state index contributed by atoms with van der Waals surface area (Å²) in [5.74, 6) is 0.750. The van der Waals surface area contributed by atoms with Crippen molar-refractivity contribution in [2.75, 3.05) is 0 Å². The highest BCUT2D eigenvalue weighted by Gasteiger charge is 2.09. The molecule has 3 heteroatoms. The van der Waals surface area contributed by atoms with Crippen LogP contribution in [-0.4, -0.2) is 15.8 Å². The van der Waals surface area contributed by atoms with E-state index in [-0.39, 0.29) is 0 Å². The van der Waals surface area contributed by atoms with E-state index in [0.29, 0.717) is 6.04 Å². The lowest BCUT2D eigenvalue weighted by molar-refractivity contribution is 0.395. The standard InChI is InChI=1S/C14H27N3/c1-6-13(7-2)9-17-10-14(12(5)16-17)8-15-11(3)4/h10-11,13,15H,6-9H2,1-5H3. The molecule has 1 heterocycles. The molecule has 0 unspecified atom stereocenters. The van der Waals surface area contributed by atoms with Crippen LogP contribution >= 0.6 is 0 Å². The topological polar surface area (TPSA) is 29.9 Å². The molecule has 98 valence electrons. The summed E-state index contributed by atoms with van der Waals surface area (Å²) in [5.41, 5.74) is 2.48. The molecule has 0 fully saturated rings. The molecule has 0 aliphatic heterocycles. The summed E-state index contributed by atoms with van der Waals surface area (Å²) < 4.78 is 2.12. The Balaban J connectivity index is 2.60. The summed E-state index contributed by atoms with van der Waals surface area (Å²) in [4.78, 5) is 0. The Labute approximate surface area is 106 Å². The second-order valence-corrected chi connectivity index (χ2v) is 5.18. The van der Waals surface area contributed by atoms with Crippen molar-refractivity contribution in [2.24, 2.45) is 5.92 Å². The minimum absolute atomic E-state index is 0.525. The van der Waals surface area contributed by atoms with Crippen molar-refractivity contribution in [1.29, 1.82) is 0 Å². The lowest BCUT2D eigenvalue weighted by atomic mass is 10.0. The zero-order valence-electron chi connectivity index (χ0n) is 12.0. The van der Waals surface area contributed by atoms with Crippen molar-refractivity contribution in [3.05, 3.63) is 17.5 Å². The first-order valence-electron chi connectivity index (χ1n) is 6.83. The van der Waals surface area contributed by atoms with Crippen molar-refractivity contribution >= 4 is 0 Å². The molecule has 0 aromatic carbocycles. The largest absolute Gasteiger partial charge is 0.310 e. The maximum atomic E-state index is 4.60. The van der Waals surface area contributed by atoms with E-state index in [1.807, 2.05) is 0 Å². The van der Waals surface area contributed by atoms with Gasteiger partial charge in [-0.15, -0.1) is 0 Å². The summed E-state index contributed by atoms with van der Waals surface area (Å²) in [6.45, 7) is 12.9. The van der Waals surface area contributed by atoms with Gasteiger partial charge in [0, 0.05) is 30.9 Å². The van der Waals surface area contributed by atoms with Crippen LogP contribution in [0.3, 0.4) is 0 Å². The van der Waals surface area contributed by atoms with Crippen molar-refractivity contribution in [3.63, 3.8) is 0 Å². The summed E-state index contributed by atoms with van der Waals surface area (Å²) in [7, 11) is 0. The highest BCUT2D eigenvalue weighted by atomic mass is 15.3. The minimum atomic E-state index is 0.525. The van der Waals surface area contributed by atoms with Gasteiger partial charge in [0.15, 0.2) is 0 Å². The number of nitrogens with zero attached hydrogens (tertiary/aromatic N) is 2. The lowest BCUT2D eigenvalue weighted by Gasteiger charge is -2.11. The molecule has 1 N–H and O–H groups in total. The molecule has 0 amide bonds. The van der Waals surface area contributed by atoms with E-state index in [4.69, 9.17) is 0 Å². The molecule has 1 aromatic rings. The monoisotopic (exact) mass is 237 g/mol. The normalized spacial score (nSPS) is 11.7. The van der Waals surface area contributed by atoms with Gasteiger partial charge >= 0.3 is 0 Å². The molecule has 17 heavy (non-hydrogen) atoms. The van der Waals surface area contributed by atoms with Crippen LogP contribution in [-0.2, 0) is 13.1 Å². The van der Waals surface area contributed by atoms with Gasteiger partial charge in [-0.3, -0.25) is 4.68 Å². The van der Waals surface area contributed by atoms with E-state index < -0.39 is 0 Å². The van der Waals surface area contributed by atoms with Gasteiger partial charge in [-0.25, -0.2) is 0 Å². The summed E-state index contributed by atoms with van der Waals surface area (Å²) in [5, 5.41) is 8.04. The van der Waals surface area contributed by atoms with Gasteiger partial charge < -0.3 is 5.32 Å². The molecule has 1 rings (SSSR count). The average molecular weight is 237 g/mol. The number of hydrogen-bond acceptors (Lipinski definition) is 2. The number of aromatic nitrogens is 2. The van der Waals surface area contributed by atoms with Crippen LogP contribution in [0.25, 0.3) is 0 Å². The van der Waals surface area contributed by atoms with E-state index in [2.05, 4.69) is 55.9 Å². The molecule has 0 bridgehead atoms. The highest BCUT2D eigenvalue weighted by Crippen LogP contribution is 2.12. The molecule has 3 nitrogen and oxygen atoms in total. The van der Waals surface area contributed by atoms with Gasteiger partial charge in [0.05, 0.1) is 5.69 Å². The number of nitrogens with one attached hydrogen (secondary N) is 1. The van der Waals surface area contributed by atoms with Crippen LogP contribution in [0.15, 0.2) is 6.20 Å². The third-order valence-corrected chi connectivity index (χ3v) is 3.35. The molecule has 0 radical (unpaired) electrons. The highest BCUT2D eigenvalue weighted by molar-refractivity contribution is 5.15. The zero-order chi connectivity index (χ0) is 12.8. The summed E-state index contributed by atoms with van der Waals surface area (Å²) >= 11 is 0. The Bertz CT molecular complexity index is 324. The fourth-order valence-electron chi connectivity index (χ4n) is 1.95. The molecule has 0 saturated heterocycles. The fourth-order valence-corrected chi connectivity index (χ4v) is 1.95. The van der Waals surface area contributed by atoms with Gasteiger partial charge in [0.25, 0.3) is 0 Å². The van der Waals surface area contributed by atoms with Crippen molar-refractivity contribution < 1.29 is 0 Å². The third-order valence-electron chi connectivity index (χ3n) is 3.35. The van der Waals surface area contributed by atoms with Gasteiger partial charge in [0.1, 0.15) is 0 Å². The van der Waals surface area contributed by atoms with E-state index in [1.165, 1.54) is 18.4 Å². The van der Waals surface area contributed by atoms with Crippen molar-refractivity contribution in [3.8, 4) is 0 Å². The molecule has 0 spiro atoms. The molecule has 0 saturated carbocycles. The summed E-state index contributed by atoms with van der Waals surface area (Å²) in [6, 6.07) is 0.525. The Morgan fingerprint density at radius 1 is 1.29 bits per heavy atom.